The number of ether oxygens (including phenoxy) is 2. The first-order valence-electron chi connectivity index (χ1n) is 10.5. The fourth-order valence-corrected chi connectivity index (χ4v) is 5.72. The number of fused-ring (bicyclic) bond motifs is 2. The molecule has 1 fully saturated rings. The van der Waals surface area contributed by atoms with Crippen LogP contribution < -0.4 is 9.47 Å². The van der Waals surface area contributed by atoms with E-state index in [0.717, 1.165) is 11.5 Å². The Bertz CT molecular complexity index is 819. The summed E-state index contributed by atoms with van der Waals surface area (Å²) in [6, 6.07) is 8.79. The zero-order valence-corrected chi connectivity index (χ0v) is 18.1. The molecule has 2 aromatic rings. The van der Waals surface area contributed by atoms with Crippen LogP contribution >= 0.6 is 0 Å². The van der Waals surface area contributed by atoms with Crippen LogP contribution in [-0.2, 0) is 0 Å². The van der Waals surface area contributed by atoms with E-state index in [1.54, 1.807) is 25.4 Å². The van der Waals surface area contributed by atoms with Gasteiger partial charge in [-0.25, -0.2) is 0 Å². The lowest BCUT2D eigenvalue weighted by atomic mass is 9.62. The number of hydrogen-bond donors (Lipinski definition) is 0. The molecule has 0 aromatic heterocycles. The van der Waals surface area contributed by atoms with Crippen molar-refractivity contribution in [3.63, 3.8) is 0 Å². The molecular formula is C26H32O2. The first-order valence-corrected chi connectivity index (χ1v) is 10.5. The molecule has 2 nitrogen and oxygen atoms in total. The van der Waals surface area contributed by atoms with Gasteiger partial charge >= 0.3 is 0 Å². The van der Waals surface area contributed by atoms with Crippen LogP contribution in [-0.4, -0.2) is 14.2 Å². The predicted octanol–water partition coefficient (Wildman–Crippen LogP) is 6.67. The molecule has 2 heteroatoms. The average molecular weight is 377 g/mol. The van der Waals surface area contributed by atoms with Gasteiger partial charge in [0.05, 0.1) is 14.2 Å². The Morgan fingerprint density at radius 3 is 1.11 bits per heavy atom. The van der Waals surface area contributed by atoms with Crippen molar-refractivity contribution in [2.45, 2.75) is 53.4 Å². The highest BCUT2D eigenvalue weighted by molar-refractivity contribution is 5.97. The largest absolute Gasteiger partial charge is 0.497 e. The van der Waals surface area contributed by atoms with Crippen molar-refractivity contribution < 1.29 is 9.47 Å². The molecule has 2 bridgehead atoms. The summed E-state index contributed by atoms with van der Waals surface area (Å²) in [7, 11) is 3.51. The van der Waals surface area contributed by atoms with E-state index in [4.69, 9.17) is 9.47 Å². The molecule has 0 heterocycles. The van der Waals surface area contributed by atoms with E-state index >= 15 is 0 Å². The van der Waals surface area contributed by atoms with Gasteiger partial charge in [0.2, 0.25) is 0 Å². The minimum atomic E-state index is 0.673. The van der Waals surface area contributed by atoms with Crippen molar-refractivity contribution in [1.29, 1.82) is 0 Å². The van der Waals surface area contributed by atoms with Gasteiger partial charge < -0.3 is 9.47 Å². The molecule has 0 spiro atoms. The lowest BCUT2D eigenvalue weighted by molar-refractivity contribution is 0.351. The summed E-state index contributed by atoms with van der Waals surface area (Å²) in [4.78, 5) is 0. The van der Waals surface area contributed by atoms with Gasteiger partial charge in [-0.15, -0.1) is 0 Å². The Balaban J connectivity index is 2.01. The van der Waals surface area contributed by atoms with E-state index < -0.39 is 0 Å². The number of benzene rings is 2. The van der Waals surface area contributed by atoms with E-state index in [9.17, 15) is 0 Å². The van der Waals surface area contributed by atoms with E-state index in [2.05, 4.69) is 52.0 Å². The lowest BCUT2D eigenvalue weighted by Gasteiger charge is -2.42. The summed E-state index contributed by atoms with van der Waals surface area (Å²) in [5.74, 6) is 3.26. The monoisotopic (exact) mass is 376 g/mol. The van der Waals surface area contributed by atoms with Crippen LogP contribution in [0.25, 0.3) is 11.1 Å². The maximum absolute atomic E-state index is 5.53. The molecule has 3 aliphatic carbocycles. The highest BCUT2D eigenvalue weighted by atomic mass is 16.5. The SMILES string of the molecule is COc1cc(C)c(C2=C(c3c(C)cc(OC)cc3C)C3CCC2CC3)c(C)c1. The topological polar surface area (TPSA) is 18.5 Å². The first kappa shape index (κ1) is 19.1. The zero-order valence-electron chi connectivity index (χ0n) is 18.1. The third kappa shape index (κ3) is 3.03. The van der Waals surface area contributed by atoms with Gasteiger partial charge in [0.25, 0.3) is 0 Å². The number of aryl methyl sites for hydroxylation is 4. The molecular weight excluding hydrogens is 344 g/mol. The summed E-state index contributed by atoms with van der Waals surface area (Å²) >= 11 is 0. The van der Waals surface area contributed by atoms with Crippen LogP contribution in [0.4, 0.5) is 0 Å². The van der Waals surface area contributed by atoms with Crippen LogP contribution in [0.2, 0.25) is 0 Å². The standard InChI is InChI=1S/C26H32O2/c1-15-11-21(27-5)12-16(2)23(15)25-19-7-9-20(10-8-19)26(25)24-17(3)13-22(28-6)14-18(24)4/h11-14,19-20H,7-10H2,1-6H3. The van der Waals surface area contributed by atoms with Gasteiger partial charge in [-0.1, -0.05) is 0 Å². The minimum Gasteiger partial charge on any atom is -0.497 e. The third-order valence-electron chi connectivity index (χ3n) is 6.86. The molecule has 28 heavy (non-hydrogen) atoms. The van der Waals surface area contributed by atoms with Gasteiger partial charge in [0, 0.05) is 0 Å². The van der Waals surface area contributed by atoms with Gasteiger partial charge in [0.15, 0.2) is 0 Å². The molecule has 0 aliphatic heterocycles. The molecule has 1 saturated carbocycles. The van der Waals surface area contributed by atoms with Crippen LogP contribution in [0.1, 0.15) is 59.1 Å². The molecule has 0 saturated heterocycles. The summed E-state index contributed by atoms with van der Waals surface area (Å²) in [5, 5.41) is 0. The quantitative estimate of drug-likeness (QED) is 0.593. The maximum atomic E-state index is 5.53. The predicted molar refractivity (Wildman–Crippen MR) is 117 cm³/mol. The van der Waals surface area contributed by atoms with E-state index in [0.29, 0.717) is 11.8 Å². The molecule has 2 aromatic carbocycles. The van der Waals surface area contributed by atoms with Crippen LogP contribution in [0.3, 0.4) is 0 Å². The summed E-state index contributed by atoms with van der Waals surface area (Å²) < 4.78 is 11.1. The Morgan fingerprint density at radius 2 is 0.857 bits per heavy atom. The molecule has 148 valence electrons. The number of hydrogen-bond acceptors (Lipinski definition) is 2. The van der Waals surface area contributed by atoms with Crippen molar-refractivity contribution in [2.24, 2.45) is 11.8 Å². The number of allylic oxidation sites excluding steroid dienone is 2. The normalized spacial score (nSPS) is 21.2. The Labute approximate surface area is 169 Å². The highest BCUT2D eigenvalue weighted by Gasteiger charge is 2.38. The minimum absolute atomic E-state index is 0.673. The molecule has 0 N–H and O–H groups in total. The second kappa shape index (κ2) is 7.31. The van der Waals surface area contributed by atoms with Crippen molar-refractivity contribution in [3.8, 4) is 11.5 Å². The fraction of sp³-hybridized carbons (Fsp3) is 0.462. The lowest BCUT2D eigenvalue weighted by Crippen LogP contribution is -2.26. The molecule has 0 unspecified atom stereocenters. The Hall–Kier alpha value is -2.22. The van der Waals surface area contributed by atoms with Crippen LogP contribution in [0.15, 0.2) is 24.3 Å². The fourth-order valence-electron chi connectivity index (χ4n) is 5.72. The maximum Gasteiger partial charge on any atom is 0.119 e. The highest BCUT2D eigenvalue weighted by Crippen LogP contribution is 2.55. The molecule has 0 atom stereocenters. The second-order valence-corrected chi connectivity index (χ2v) is 8.65. The number of rotatable bonds is 4. The molecule has 0 radical (unpaired) electrons. The van der Waals surface area contributed by atoms with Crippen molar-refractivity contribution in [1.82, 2.24) is 0 Å². The van der Waals surface area contributed by atoms with E-state index in [-0.39, 0.29) is 0 Å². The molecule has 3 aliphatic rings. The smallest absolute Gasteiger partial charge is 0.119 e. The van der Waals surface area contributed by atoms with Gasteiger partial charge in [0.1, 0.15) is 11.5 Å². The van der Waals surface area contributed by atoms with Crippen LogP contribution in [0, 0.1) is 39.5 Å². The average Bonchev–Trinajstić information content (AvgIpc) is 2.68. The van der Waals surface area contributed by atoms with E-state index in [1.807, 2.05) is 0 Å². The zero-order chi connectivity index (χ0) is 20.0. The molecule has 0 amide bonds. The van der Waals surface area contributed by atoms with Gasteiger partial charge in [-0.2, -0.15) is 0 Å². The first-order chi connectivity index (χ1) is 13.4. The Kier molecular flexibility index (Phi) is 4.99. The van der Waals surface area contributed by atoms with Gasteiger partial charge in [-0.05, 0) is 134 Å². The second-order valence-electron chi connectivity index (χ2n) is 8.65. The van der Waals surface area contributed by atoms with Gasteiger partial charge in [-0.3, -0.25) is 0 Å². The van der Waals surface area contributed by atoms with Crippen LogP contribution in [0.5, 0.6) is 11.5 Å². The van der Waals surface area contributed by atoms with Crippen molar-refractivity contribution in [2.75, 3.05) is 14.2 Å². The van der Waals surface area contributed by atoms with Crippen molar-refractivity contribution >= 4 is 11.1 Å². The summed E-state index contributed by atoms with van der Waals surface area (Å²) in [6.45, 7) is 8.97. The Morgan fingerprint density at radius 1 is 0.571 bits per heavy atom. The summed E-state index contributed by atoms with van der Waals surface area (Å²) in [5.41, 5.74) is 11.5. The van der Waals surface area contributed by atoms with E-state index in [1.165, 1.54) is 59.1 Å². The number of methoxy groups -OCH3 is 2. The summed E-state index contributed by atoms with van der Waals surface area (Å²) in [6.07, 6.45) is 5.29. The van der Waals surface area contributed by atoms with Crippen molar-refractivity contribution in [3.05, 3.63) is 57.6 Å². The third-order valence-corrected chi connectivity index (χ3v) is 6.86. The molecule has 5 rings (SSSR count).